The first-order valence-electron chi connectivity index (χ1n) is 6.71. The van der Waals surface area contributed by atoms with Gasteiger partial charge in [-0.3, -0.25) is 9.59 Å². The third-order valence-electron chi connectivity index (χ3n) is 3.46. The molecular weight excluding hydrogens is 339 g/mol. The summed E-state index contributed by atoms with van der Waals surface area (Å²) in [5.74, 6) is -0.714. The van der Waals surface area contributed by atoms with E-state index in [-0.39, 0.29) is 36.1 Å². The number of carbonyl (C=O) groups is 2. The van der Waals surface area contributed by atoms with Gasteiger partial charge in [0.05, 0.1) is 11.0 Å². The first-order chi connectivity index (χ1) is 9.70. The van der Waals surface area contributed by atoms with Crippen LogP contribution in [0.2, 0.25) is 0 Å². The van der Waals surface area contributed by atoms with Crippen molar-refractivity contribution in [2.24, 2.45) is 5.41 Å². The van der Waals surface area contributed by atoms with E-state index in [9.17, 15) is 14.0 Å². The number of hydrogen-bond donors (Lipinski definition) is 1. The SMILES string of the molecule is CC(C)(C)C1NC(=O)CN(Cc2cccc(F)c2Br)C1=O. The van der Waals surface area contributed by atoms with Gasteiger partial charge in [-0.05, 0) is 33.0 Å². The Labute approximate surface area is 131 Å². The molecule has 2 rings (SSSR count). The zero-order valence-corrected chi connectivity index (χ0v) is 13.8. The monoisotopic (exact) mass is 356 g/mol. The molecule has 114 valence electrons. The van der Waals surface area contributed by atoms with Crippen molar-refractivity contribution < 1.29 is 14.0 Å². The number of carbonyl (C=O) groups excluding carboxylic acids is 2. The average molecular weight is 357 g/mol. The second kappa shape index (κ2) is 5.75. The molecule has 1 atom stereocenters. The fraction of sp³-hybridized carbons (Fsp3) is 0.467. The van der Waals surface area contributed by atoms with Gasteiger partial charge in [-0.25, -0.2) is 4.39 Å². The Bertz CT molecular complexity index is 584. The molecule has 6 heteroatoms. The molecule has 1 fully saturated rings. The number of nitrogens with zero attached hydrogens (tertiary/aromatic N) is 1. The Balaban J connectivity index is 2.25. The van der Waals surface area contributed by atoms with Crippen molar-refractivity contribution >= 4 is 27.7 Å². The van der Waals surface area contributed by atoms with E-state index in [1.165, 1.54) is 11.0 Å². The molecule has 1 unspecified atom stereocenters. The van der Waals surface area contributed by atoms with Crippen LogP contribution < -0.4 is 5.32 Å². The van der Waals surface area contributed by atoms with Crippen LogP contribution in [0.3, 0.4) is 0 Å². The van der Waals surface area contributed by atoms with Gasteiger partial charge in [-0.2, -0.15) is 0 Å². The normalized spacial score (nSPS) is 19.7. The molecule has 1 aromatic rings. The van der Waals surface area contributed by atoms with Gasteiger partial charge in [-0.15, -0.1) is 0 Å². The lowest BCUT2D eigenvalue weighted by Gasteiger charge is -2.39. The van der Waals surface area contributed by atoms with Crippen molar-refractivity contribution in [1.29, 1.82) is 0 Å². The number of amides is 2. The van der Waals surface area contributed by atoms with E-state index in [0.717, 1.165) is 0 Å². The maximum Gasteiger partial charge on any atom is 0.246 e. The van der Waals surface area contributed by atoms with Crippen LogP contribution in [0.25, 0.3) is 0 Å². The highest BCUT2D eigenvalue weighted by Crippen LogP contribution is 2.26. The molecule has 0 spiro atoms. The van der Waals surface area contributed by atoms with Gasteiger partial charge in [0, 0.05) is 6.54 Å². The summed E-state index contributed by atoms with van der Waals surface area (Å²) in [4.78, 5) is 25.8. The minimum Gasteiger partial charge on any atom is -0.342 e. The zero-order valence-electron chi connectivity index (χ0n) is 12.2. The molecule has 21 heavy (non-hydrogen) atoms. The molecule has 1 N–H and O–H groups in total. The van der Waals surface area contributed by atoms with Crippen LogP contribution in [0.4, 0.5) is 4.39 Å². The fourth-order valence-electron chi connectivity index (χ4n) is 2.30. The van der Waals surface area contributed by atoms with E-state index >= 15 is 0 Å². The van der Waals surface area contributed by atoms with Crippen LogP contribution in [0.1, 0.15) is 26.3 Å². The van der Waals surface area contributed by atoms with Gasteiger partial charge >= 0.3 is 0 Å². The third kappa shape index (κ3) is 3.43. The molecule has 1 heterocycles. The second-order valence-corrected chi connectivity index (χ2v) is 7.07. The lowest BCUT2D eigenvalue weighted by molar-refractivity contribution is -0.147. The summed E-state index contributed by atoms with van der Waals surface area (Å²) in [7, 11) is 0. The highest BCUT2D eigenvalue weighted by atomic mass is 79.9. The standard InChI is InChI=1S/C15H18BrFN2O2/c1-15(2,3)13-14(21)19(8-11(20)18-13)7-9-5-4-6-10(17)12(9)16/h4-6,13H,7-8H2,1-3H3,(H,18,20). The molecule has 0 aromatic heterocycles. The maximum absolute atomic E-state index is 13.5. The van der Waals surface area contributed by atoms with E-state index in [0.29, 0.717) is 10.0 Å². The summed E-state index contributed by atoms with van der Waals surface area (Å²) in [6.45, 7) is 5.90. The molecule has 0 radical (unpaired) electrons. The number of piperazine rings is 1. The molecule has 0 saturated carbocycles. The van der Waals surface area contributed by atoms with E-state index in [2.05, 4.69) is 21.2 Å². The van der Waals surface area contributed by atoms with Crippen LogP contribution in [-0.4, -0.2) is 29.3 Å². The highest BCUT2D eigenvalue weighted by Gasteiger charge is 2.39. The van der Waals surface area contributed by atoms with Gasteiger partial charge in [0.1, 0.15) is 11.9 Å². The van der Waals surface area contributed by atoms with Crippen molar-refractivity contribution in [2.45, 2.75) is 33.4 Å². The van der Waals surface area contributed by atoms with Crippen LogP contribution in [0.5, 0.6) is 0 Å². The highest BCUT2D eigenvalue weighted by molar-refractivity contribution is 9.10. The van der Waals surface area contributed by atoms with Gasteiger partial charge in [0.25, 0.3) is 0 Å². The van der Waals surface area contributed by atoms with Crippen molar-refractivity contribution in [2.75, 3.05) is 6.54 Å². The number of halogens is 2. The Morgan fingerprint density at radius 2 is 2.05 bits per heavy atom. The Kier molecular flexibility index (Phi) is 4.37. The lowest BCUT2D eigenvalue weighted by atomic mass is 9.84. The molecule has 1 saturated heterocycles. The van der Waals surface area contributed by atoms with Crippen molar-refractivity contribution in [3.63, 3.8) is 0 Å². The number of nitrogens with one attached hydrogen (secondary N) is 1. The topological polar surface area (TPSA) is 49.4 Å². The molecule has 4 nitrogen and oxygen atoms in total. The van der Waals surface area contributed by atoms with Crippen molar-refractivity contribution in [3.05, 3.63) is 34.1 Å². The maximum atomic E-state index is 13.5. The second-order valence-electron chi connectivity index (χ2n) is 6.27. The molecule has 1 aromatic carbocycles. The zero-order chi connectivity index (χ0) is 15.8. The molecule has 1 aliphatic heterocycles. The largest absolute Gasteiger partial charge is 0.342 e. The summed E-state index contributed by atoms with van der Waals surface area (Å²) in [6, 6.07) is 4.10. The quantitative estimate of drug-likeness (QED) is 0.884. The molecule has 0 aliphatic carbocycles. The minimum atomic E-state index is -0.564. The number of hydrogen-bond acceptors (Lipinski definition) is 2. The van der Waals surface area contributed by atoms with Gasteiger partial charge < -0.3 is 10.2 Å². The molecule has 1 aliphatic rings. The summed E-state index contributed by atoms with van der Waals surface area (Å²) in [5.41, 5.74) is 0.274. The first kappa shape index (κ1) is 15.9. The minimum absolute atomic E-state index is 0.00559. The number of rotatable bonds is 2. The Hall–Kier alpha value is -1.43. The van der Waals surface area contributed by atoms with Gasteiger partial charge in [0.2, 0.25) is 11.8 Å². The summed E-state index contributed by atoms with van der Waals surface area (Å²) in [6.07, 6.45) is 0. The lowest BCUT2D eigenvalue weighted by Crippen LogP contribution is -2.61. The van der Waals surface area contributed by atoms with Crippen molar-refractivity contribution in [1.82, 2.24) is 10.2 Å². The summed E-state index contributed by atoms with van der Waals surface area (Å²) >= 11 is 3.18. The average Bonchev–Trinajstić information content (AvgIpc) is 2.37. The Morgan fingerprint density at radius 3 is 2.67 bits per heavy atom. The third-order valence-corrected chi connectivity index (χ3v) is 4.35. The molecule has 0 bridgehead atoms. The first-order valence-corrected chi connectivity index (χ1v) is 7.50. The van der Waals surface area contributed by atoms with E-state index in [4.69, 9.17) is 0 Å². The van der Waals surface area contributed by atoms with Crippen LogP contribution in [0, 0.1) is 11.2 Å². The van der Waals surface area contributed by atoms with Gasteiger partial charge in [-0.1, -0.05) is 32.9 Å². The van der Waals surface area contributed by atoms with Crippen molar-refractivity contribution in [3.8, 4) is 0 Å². The van der Waals surface area contributed by atoms with Crippen LogP contribution >= 0.6 is 15.9 Å². The predicted octanol–water partition coefficient (Wildman–Crippen LogP) is 2.46. The summed E-state index contributed by atoms with van der Waals surface area (Å²) < 4.78 is 13.9. The number of benzene rings is 1. The predicted molar refractivity (Wildman–Crippen MR) is 80.9 cm³/mol. The smallest absolute Gasteiger partial charge is 0.246 e. The Morgan fingerprint density at radius 1 is 1.38 bits per heavy atom. The van der Waals surface area contributed by atoms with Crippen LogP contribution in [0.15, 0.2) is 22.7 Å². The van der Waals surface area contributed by atoms with E-state index in [1.807, 2.05) is 20.8 Å². The fourth-order valence-corrected chi connectivity index (χ4v) is 2.69. The molecule has 2 amide bonds. The van der Waals surface area contributed by atoms with E-state index < -0.39 is 6.04 Å². The van der Waals surface area contributed by atoms with E-state index in [1.54, 1.807) is 12.1 Å². The molecular formula is C15H18BrFN2O2. The summed E-state index contributed by atoms with van der Waals surface area (Å²) in [5, 5.41) is 2.73. The van der Waals surface area contributed by atoms with Crippen LogP contribution in [-0.2, 0) is 16.1 Å². The van der Waals surface area contributed by atoms with Gasteiger partial charge in [0.15, 0.2) is 0 Å².